The quantitative estimate of drug-likeness (QED) is 0.459. The molecule has 0 N–H and O–H groups in total. The van der Waals surface area contributed by atoms with E-state index in [1.54, 1.807) is 36.1 Å². The zero-order valence-corrected chi connectivity index (χ0v) is 18.1. The van der Waals surface area contributed by atoms with Gasteiger partial charge in [-0.1, -0.05) is 24.6 Å². The Balaban J connectivity index is 1.37. The molecular formula is C23H25ClN2O5. The van der Waals surface area contributed by atoms with E-state index in [9.17, 15) is 14.4 Å². The number of hydrogen-bond acceptors (Lipinski definition) is 6. The number of piperazine rings is 1. The monoisotopic (exact) mass is 444 g/mol. The molecule has 2 aromatic carbocycles. The Kier molecular flexibility index (Phi) is 7.89. The molecule has 0 bridgehead atoms. The van der Waals surface area contributed by atoms with Crippen molar-refractivity contribution in [2.24, 2.45) is 0 Å². The predicted octanol–water partition coefficient (Wildman–Crippen LogP) is 3.20. The maximum absolute atomic E-state index is 12.3. The van der Waals surface area contributed by atoms with E-state index < -0.39 is 5.97 Å². The average Bonchev–Trinajstić information content (AvgIpc) is 2.81. The zero-order valence-electron chi connectivity index (χ0n) is 17.4. The lowest BCUT2D eigenvalue weighted by molar-refractivity contribution is -0.153. The predicted molar refractivity (Wildman–Crippen MR) is 118 cm³/mol. The van der Waals surface area contributed by atoms with Gasteiger partial charge >= 0.3 is 5.97 Å². The Bertz CT molecular complexity index is 924. The molecule has 0 saturated carbocycles. The van der Waals surface area contributed by atoms with E-state index in [0.717, 1.165) is 5.69 Å². The summed E-state index contributed by atoms with van der Waals surface area (Å²) in [5.74, 6) is -0.368. The normalized spacial score (nSPS) is 13.6. The number of ether oxygens (including phenoxy) is 2. The number of rotatable bonds is 8. The van der Waals surface area contributed by atoms with Gasteiger partial charge in [0.25, 0.3) is 5.91 Å². The van der Waals surface area contributed by atoms with E-state index in [-0.39, 0.29) is 24.9 Å². The molecule has 1 aliphatic rings. The van der Waals surface area contributed by atoms with Crippen LogP contribution in [-0.2, 0) is 14.3 Å². The van der Waals surface area contributed by atoms with Crippen LogP contribution < -0.4 is 9.64 Å². The van der Waals surface area contributed by atoms with Crippen molar-refractivity contribution in [3.05, 3.63) is 59.1 Å². The molecule has 0 radical (unpaired) electrons. The van der Waals surface area contributed by atoms with Gasteiger partial charge in [-0.15, -0.1) is 0 Å². The highest BCUT2D eigenvalue weighted by atomic mass is 35.5. The summed E-state index contributed by atoms with van der Waals surface area (Å²) < 4.78 is 10.4. The molecule has 164 valence electrons. The summed E-state index contributed by atoms with van der Waals surface area (Å²) in [5.41, 5.74) is 1.62. The lowest BCUT2D eigenvalue weighted by Crippen LogP contribution is -2.50. The molecule has 1 saturated heterocycles. The van der Waals surface area contributed by atoms with Gasteiger partial charge in [0, 0.05) is 48.9 Å². The summed E-state index contributed by atoms with van der Waals surface area (Å²) in [6, 6.07) is 14.2. The molecule has 0 aromatic heterocycles. The molecule has 0 aliphatic carbocycles. The third kappa shape index (κ3) is 6.46. The number of Topliss-reactive ketones (excluding diaryl/α,β-unsaturated/α-hetero) is 1. The van der Waals surface area contributed by atoms with Crippen molar-refractivity contribution in [2.75, 3.05) is 44.3 Å². The number of amides is 1. The number of nitrogens with zero attached hydrogens (tertiary/aromatic N) is 2. The highest BCUT2D eigenvalue weighted by Gasteiger charge is 2.22. The smallest absolute Gasteiger partial charge is 0.344 e. The second-order valence-corrected chi connectivity index (χ2v) is 7.53. The van der Waals surface area contributed by atoms with Gasteiger partial charge in [-0.05, 0) is 42.5 Å². The van der Waals surface area contributed by atoms with E-state index in [4.69, 9.17) is 21.1 Å². The molecule has 0 atom stereocenters. The molecule has 7 nitrogen and oxygen atoms in total. The molecule has 1 amide bonds. The van der Waals surface area contributed by atoms with Crippen LogP contribution in [0.15, 0.2) is 48.5 Å². The van der Waals surface area contributed by atoms with Gasteiger partial charge in [-0.2, -0.15) is 0 Å². The van der Waals surface area contributed by atoms with Crippen LogP contribution in [0.4, 0.5) is 5.69 Å². The van der Waals surface area contributed by atoms with E-state index in [2.05, 4.69) is 4.90 Å². The van der Waals surface area contributed by atoms with E-state index in [1.165, 1.54) is 0 Å². The Morgan fingerprint density at radius 2 is 1.68 bits per heavy atom. The zero-order chi connectivity index (χ0) is 22.2. The minimum Gasteiger partial charge on any atom is -0.482 e. The maximum atomic E-state index is 12.3. The molecular weight excluding hydrogens is 420 g/mol. The Morgan fingerprint density at radius 1 is 0.968 bits per heavy atom. The van der Waals surface area contributed by atoms with Crippen LogP contribution in [0.3, 0.4) is 0 Å². The van der Waals surface area contributed by atoms with Crippen LogP contribution in [0.5, 0.6) is 5.75 Å². The Labute approximate surface area is 186 Å². The van der Waals surface area contributed by atoms with Crippen molar-refractivity contribution in [3.63, 3.8) is 0 Å². The van der Waals surface area contributed by atoms with Crippen LogP contribution in [0.2, 0.25) is 5.02 Å². The molecule has 3 rings (SSSR count). The van der Waals surface area contributed by atoms with Crippen molar-refractivity contribution in [3.8, 4) is 5.75 Å². The first-order chi connectivity index (χ1) is 15.0. The third-order valence-electron chi connectivity index (χ3n) is 5.02. The molecule has 31 heavy (non-hydrogen) atoms. The molecule has 2 aromatic rings. The van der Waals surface area contributed by atoms with Crippen LogP contribution in [-0.4, -0.2) is 62.0 Å². The minimum absolute atomic E-state index is 0.0397. The lowest BCUT2D eigenvalue weighted by Gasteiger charge is -2.36. The first-order valence-electron chi connectivity index (χ1n) is 10.2. The topological polar surface area (TPSA) is 76.2 Å². The lowest BCUT2D eigenvalue weighted by atomic mass is 10.1. The summed E-state index contributed by atoms with van der Waals surface area (Å²) in [4.78, 5) is 39.7. The third-order valence-corrected chi connectivity index (χ3v) is 5.25. The number of esters is 1. The summed E-state index contributed by atoms with van der Waals surface area (Å²) in [5, 5.41) is 0.676. The number of anilines is 1. The van der Waals surface area contributed by atoms with Gasteiger partial charge in [-0.3, -0.25) is 9.59 Å². The second kappa shape index (κ2) is 10.8. The van der Waals surface area contributed by atoms with Gasteiger partial charge in [-0.25, -0.2) is 4.79 Å². The highest BCUT2D eigenvalue weighted by Crippen LogP contribution is 2.20. The number of hydrogen-bond donors (Lipinski definition) is 0. The minimum atomic E-state index is -0.625. The van der Waals surface area contributed by atoms with Crippen molar-refractivity contribution in [1.29, 1.82) is 0 Å². The molecule has 0 unspecified atom stereocenters. The second-order valence-electron chi connectivity index (χ2n) is 7.10. The number of carbonyl (C=O) groups is 3. The average molecular weight is 445 g/mol. The molecule has 1 heterocycles. The molecule has 0 spiro atoms. The van der Waals surface area contributed by atoms with Gasteiger partial charge in [0.05, 0.1) is 0 Å². The molecule has 1 aliphatic heterocycles. The largest absolute Gasteiger partial charge is 0.482 e. The summed E-state index contributed by atoms with van der Waals surface area (Å²) in [6.45, 7) is 3.62. The Morgan fingerprint density at radius 3 is 2.32 bits per heavy atom. The summed E-state index contributed by atoms with van der Waals surface area (Å²) >= 11 is 6.04. The number of benzene rings is 2. The summed E-state index contributed by atoms with van der Waals surface area (Å²) in [6.07, 6.45) is 0.427. The molecule has 1 fully saturated rings. The van der Waals surface area contributed by atoms with Crippen molar-refractivity contribution in [1.82, 2.24) is 4.90 Å². The van der Waals surface area contributed by atoms with Gasteiger partial charge in [0.1, 0.15) is 5.75 Å². The fraction of sp³-hybridized carbons (Fsp3) is 0.348. The first-order valence-corrected chi connectivity index (χ1v) is 10.5. The SMILES string of the molecule is CCC(=O)c1ccc(OCC(=O)OCC(=O)N2CCN(c3cccc(Cl)c3)CC2)cc1. The van der Waals surface area contributed by atoms with Crippen LogP contribution in [0.25, 0.3) is 0 Å². The van der Waals surface area contributed by atoms with Gasteiger partial charge < -0.3 is 19.3 Å². The van der Waals surface area contributed by atoms with Crippen LogP contribution in [0.1, 0.15) is 23.7 Å². The van der Waals surface area contributed by atoms with Crippen molar-refractivity contribution < 1.29 is 23.9 Å². The van der Waals surface area contributed by atoms with Crippen molar-refractivity contribution >= 4 is 34.9 Å². The maximum Gasteiger partial charge on any atom is 0.344 e. The van der Waals surface area contributed by atoms with Gasteiger partial charge in [0.2, 0.25) is 0 Å². The van der Waals surface area contributed by atoms with E-state index in [1.807, 2.05) is 24.3 Å². The highest BCUT2D eigenvalue weighted by molar-refractivity contribution is 6.30. The number of carbonyl (C=O) groups excluding carboxylic acids is 3. The van der Waals surface area contributed by atoms with Crippen LogP contribution >= 0.6 is 11.6 Å². The van der Waals surface area contributed by atoms with Gasteiger partial charge in [0.15, 0.2) is 19.0 Å². The standard InChI is InChI=1S/C23H25ClN2O5/c1-2-21(27)17-6-8-20(9-7-17)30-16-23(29)31-15-22(28)26-12-10-25(11-13-26)19-5-3-4-18(24)14-19/h3-9,14H,2,10-13,15-16H2,1H3. The van der Waals surface area contributed by atoms with E-state index in [0.29, 0.717) is 48.9 Å². The summed E-state index contributed by atoms with van der Waals surface area (Å²) in [7, 11) is 0. The fourth-order valence-corrected chi connectivity index (χ4v) is 3.43. The number of halogens is 1. The number of ketones is 1. The van der Waals surface area contributed by atoms with Crippen molar-refractivity contribution in [2.45, 2.75) is 13.3 Å². The Hall–Kier alpha value is -3.06. The fourth-order valence-electron chi connectivity index (χ4n) is 3.25. The van der Waals surface area contributed by atoms with Crippen LogP contribution in [0, 0.1) is 0 Å². The first kappa shape index (κ1) is 22.6. The van der Waals surface area contributed by atoms with E-state index >= 15 is 0 Å². The molecule has 8 heteroatoms.